The van der Waals surface area contributed by atoms with Crippen LogP contribution in [0.25, 0.3) is 0 Å². The summed E-state index contributed by atoms with van der Waals surface area (Å²) in [4.78, 5) is 44.8. The van der Waals surface area contributed by atoms with Gasteiger partial charge in [-0.3, -0.25) is 14.4 Å². The van der Waals surface area contributed by atoms with Gasteiger partial charge in [0.1, 0.15) is 5.60 Å². The maximum absolute atomic E-state index is 12.0. The number of carbonyl (C=O) groups excluding carboxylic acids is 2. The number of nitrogens with two attached hydrogens (primary N) is 1. The van der Waals surface area contributed by atoms with Gasteiger partial charge < -0.3 is 9.84 Å². The third kappa shape index (κ3) is 6.52. The number of hydrogen-bond donors (Lipinski definition) is 2. The smallest absolute Gasteiger partial charge is 0.303 e. The second-order valence-electron chi connectivity index (χ2n) is 6.74. The van der Waals surface area contributed by atoms with E-state index in [2.05, 4.69) is 0 Å². The molecule has 1 aliphatic heterocycles. The summed E-state index contributed by atoms with van der Waals surface area (Å²) in [6.07, 6.45) is -0.226. The number of hydrogen-bond acceptors (Lipinski definition) is 7. The molecule has 138 valence electrons. The van der Waals surface area contributed by atoms with Crippen LogP contribution in [0.1, 0.15) is 59.8 Å². The molecule has 1 saturated heterocycles. The Morgan fingerprint density at radius 2 is 1.71 bits per heavy atom. The fraction of sp³-hybridized carbons (Fsp3) is 0.800. The summed E-state index contributed by atoms with van der Waals surface area (Å²) in [5.41, 5.74) is -0.520. The van der Waals surface area contributed by atoms with Crippen molar-refractivity contribution in [3.63, 3.8) is 0 Å². The number of aliphatic carboxylic acids is 1. The molecular weight excluding hydrogens is 320 g/mol. The molecule has 0 saturated carbocycles. The van der Waals surface area contributed by atoms with Crippen molar-refractivity contribution >= 4 is 17.8 Å². The maximum atomic E-state index is 12.0. The van der Waals surface area contributed by atoms with Gasteiger partial charge in [0, 0.05) is 25.7 Å². The Kier molecular flexibility index (Phi) is 6.85. The Morgan fingerprint density at radius 1 is 1.12 bits per heavy atom. The lowest BCUT2D eigenvalue weighted by Crippen LogP contribution is -2.44. The van der Waals surface area contributed by atoms with Crippen LogP contribution in [0.2, 0.25) is 0 Å². The van der Waals surface area contributed by atoms with Crippen LogP contribution in [0.3, 0.4) is 0 Å². The van der Waals surface area contributed by atoms with Crippen LogP contribution < -0.4 is 5.84 Å². The minimum Gasteiger partial charge on any atom is -0.481 e. The van der Waals surface area contributed by atoms with E-state index in [1.165, 1.54) is 0 Å². The average molecular weight is 346 g/mol. The topological polar surface area (TPSA) is 128 Å². The summed E-state index contributed by atoms with van der Waals surface area (Å²) in [7, 11) is 0. The first-order chi connectivity index (χ1) is 10.9. The molecule has 9 heteroatoms. The van der Waals surface area contributed by atoms with Gasteiger partial charge in [-0.05, 0) is 27.7 Å². The van der Waals surface area contributed by atoms with Gasteiger partial charge in [-0.25, -0.2) is 20.6 Å². The van der Waals surface area contributed by atoms with E-state index in [4.69, 9.17) is 25.5 Å². The van der Waals surface area contributed by atoms with E-state index in [0.29, 0.717) is 11.4 Å². The Hall–Kier alpha value is -1.55. The molecule has 1 rings (SSSR count). The minimum absolute atomic E-state index is 0.109. The zero-order valence-electron chi connectivity index (χ0n) is 14.5. The van der Waals surface area contributed by atoms with E-state index >= 15 is 0 Å². The van der Waals surface area contributed by atoms with E-state index in [-0.39, 0.29) is 31.8 Å². The van der Waals surface area contributed by atoms with E-state index in [1.54, 1.807) is 6.92 Å². The van der Waals surface area contributed by atoms with E-state index in [9.17, 15) is 14.4 Å². The molecule has 2 amide bonds. The number of nitrogens with zero attached hydrogens (tertiary/aromatic N) is 1. The molecule has 24 heavy (non-hydrogen) atoms. The van der Waals surface area contributed by atoms with Crippen LogP contribution >= 0.6 is 0 Å². The fourth-order valence-corrected chi connectivity index (χ4v) is 2.44. The van der Waals surface area contributed by atoms with Crippen molar-refractivity contribution in [3.05, 3.63) is 0 Å². The first-order valence-electron chi connectivity index (χ1n) is 7.81. The Bertz CT molecular complexity index is 494. The predicted octanol–water partition coefficient (Wildman–Crippen LogP) is 1.11. The lowest BCUT2D eigenvalue weighted by molar-refractivity contribution is -0.442. The molecule has 0 bridgehead atoms. The highest BCUT2D eigenvalue weighted by atomic mass is 17.2. The molecule has 0 aromatic rings. The quantitative estimate of drug-likeness (QED) is 0.317. The van der Waals surface area contributed by atoms with Gasteiger partial charge in [0.2, 0.25) is 11.8 Å². The second-order valence-corrected chi connectivity index (χ2v) is 6.74. The molecule has 2 atom stereocenters. The van der Waals surface area contributed by atoms with Gasteiger partial charge >= 0.3 is 5.97 Å². The van der Waals surface area contributed by atoms with Crippen LogP contribution in [-0.4, -0.2) is 45.4 Å². The van der Waals surface area contributed by atoms with Crippen LogP contribution in [0.15, 0.2) is 0 Å². The Labute approximate surface area is 140 Å². The Morgan fingerprint density at radius 3 is 2.29 bits per heavy atom. The van der Waals surface area contributed by atoms with Crippen molar-refractivity contribution in [2.45, 2.75) is 77.3 Å². The fourth-order valence-electron chi connectivity index (χ4n) is 2.44. The van der Waals surface area contributed by atoms with Crippen molar-refractivity contribution in [1.29, 1.82) is 0 Å². The first kappa shape index (κ1) is 20.5. The maximum Gasteiger partial charge on any atom is 0.303 e. The highest BCUT2D eigenvalue weighted by molar-refractivity contribution is 5.95. The number of carbonyl (C=O) groups is 3. The first-order valence-corrected chi connectivity index (χ1v) is 7.81. The van der Waals surface area contributed by atoms with Gasteiger partial charge in [0.05, 0.1) is 12.5 Å². The number of carboxylic acids is 1. The van der Waals surface area contributed by atoms with Crippen LogP contribution in [-0.2, 0) is 28.9 Å². The molecule has 0 spiro atoms. The molecule has 3 N–H and O–H groups in total. The van der Waals surface area contributed by atoms with Crippen molar-refractivity contribution in [2.75, 3.05) is 0 Å². The van der Waals surface area contributed by atoms with Gasteiger partial charge in [-0.1, -0.05) is 0 Å². The van der Waals surface area contributed by atoms with E-state index in [1.807, 2.05) is 20.8 Å². The van der Waals surface area contributed by atoms with Gasteiger partial charge in [0.25, 0.3) is 0 Å². The van der Waals surface area contributed by atoms with Gasteiger partial charge in [-0.2, -0.15) is 0 Å². The van der Waals surface area contributed by atoms with E-state index in [0.717, 1.165) is 0 Å². The minimum atomic E-state index is -1.15. The third-order valence-corrected chi connectivity index (χ3v) is 3.56. The predicted molar refractivity (Wildman–Crippen MR) is 82.0 cm³/mol. The van der Waals surface area contributed by atoms with Crippen LogP contribution in [0.5, 0.6) is 0 Å². The molecular formula is C15H26N2O7. The second kappa shape index (κ2) is 8.02. The number of imide groups is 1. The van der Waals surface area contributed by atoms with Gasteiger partial charge in [0.15, 0.2) is 5.79 Å². The molecule has 1 heterocycles. The highest BCUT2D eigenvalue weighted by Crippen LogP contribution is 2.32. The summed E-state index contributed by atoms with van der Waals surface area (Å²) >= 11 is 0. The zero-order valence-corrected chi connectivity index (χ0v) is 14.5. The lowest BCUT2D eigenvalue weighted by atomic mass is 10.0. The summed E-state index contributed by atoms with van der Waals surface area (Å²) in [6.45, 7) is 7.26. The van der Waals surface area contributed by atoms with Crippen LogP contribution in [0.4, 0.5) is 0 Å². The highest BCUT2D eigenvalue weighted by Gasteiger charge is 2.39. The molecule has 0 aromatic carbocycles. The Balaban J connectivity index is 2.55. The van der Waals surface area contributed by atoms with Crippen molar-refractivity contribution in [2.24, 2.45) is 5.84 Å². The largest absolute Gasteiger partial charge is 0.481 e. The third-order valence-electron chi connectivity index (χ3n) is 3.56. The molecule has 9 nitrogen and oxygen atoms in total. The monoisotopic (exact) mass is 346 g/mol. The van der Waals surface area contributed by atoms with Crippen molar-refractivity contribution < 1.29 is 34.0 Å². The number of amides is 2. The van der Waals surface area contributed by atoms with Gasteiger partial charge in [-0.15, -0.1) is 0 Å². The molecule has 0 aliphatic carbocycles. The standard InChI is InChI=1S/C15H26N2O7/c1-10-9-14(2,3)23-24-15(4,22-10)8-7-12(19)17(16)11(18)5-6-13(20)21/h10H,5-9,16H2,1-4H3,(H,20,21). The van der Waals surface area contributed by atoms with Crippen molar-refractivity contribution in [1.82, 2.24) is 5.01 Å². The van der Waals surface area contributed by atoms with Crippen molar-refractivity contribution in [3.8, 4) is 0 Å². The summed E-state index contributed by atoms with van der Waals surface area (Å²) in [6, 6.07) is 0. The SMILES string of the molecule is CC1CC(C)(C)OOC(C)(CCC(=O)N(N)C(=O)CCC(=O)O)O1. The number of ether oxygens (including phenoxy) is 1. The van der Waals surface area contributed by atoms with Crippen LogP contribution in [0, 0.1) is 0 Å². The number of hydrazine groups is 1. The summed E-state index contributed by atoms with van der Waals surface area (Å²) in [5.74, 6) is 1.76. The average Bonchev–Trinajstić information content (AvgIpc) is 2.57. The summed E-state index contributed by atoms with van der Waals surface area (Å²) in [5, 5.41) is 8.98. The lowest BCUT2D eigenvalue weighted by Gasteiger charge is -2.28. The normalized spacial score (nSPS) is 26.5. The number of rotatable bonds is 6. The van der Waals surface area contributed by atoms with E-state index < -0.39 is 29.2 Å². The zero-order chi connectivity index (χ0) is 18.5. The molecule has 2 unspecified atom stereocenters. The number of carboxylic acid groups (broad SMARTS) is 1. The molecule has 1 fully saturated rings. The molecule has 0 radical (unpaired) electrons. The summed E-state index contributed by atoms with van der Waals surface area (Å²) < 4.78 is 5.78. The molecule has 0 aromatic heterocycles. The molecule has 1 aliphatic rings.